The molecule has 2 aliphatic rings. The van der Waals surface area contributed by atoms with E-state index in [1.54, 1.807) is 0 Å². The first-order valence-corrected chi connectivity index (χ1v) is 10.0. The highest BCUT2D eigenvalue weighted by molar-refractivity contribution is 7.91. The van der Waals surface area contributed by atoms with E-state index in [0.29, 0.717) is 13.0 Å². The summed E-state index contributed by atoms with van der Waals surface area (Å²) in [5.74, 6) is -0.214. The molecule has 0 spiro atoms. The number of carbonyl (C=O) groups is 1. The minimum Gasteiger partial charge on any atom is -0.372 e. The third kappa shape index (κ3) is 3.22. The summed E-state index contributed by atoms with van der Waals surface area (Å²) in [6.07, 6.45) is 1.33. The van der Waals surface area contributed by atoms with Gasteiger partial charge in [0.2, 0.25) is 5.91 Å². The van der Waals surface area contributed by atoms with Crippen molar-refractivity contribution in [3.8, 4) is 0 Å². The van der Waals surface area contributed by atoms with Gasteiger partial charge in [0, 0.05) is 31.9 Å². The molecule has 1 fully saturated rings. The second-order valence-electron chi connectivity index (χ2n) is 6.64. The fraction of sp³-hybridized carbons (Fsp3) is 0.588. The predicted octanol–water partition coefficient (Wildman–Crippen LogP) is 1.68. The van der Waals surface area contributed by atoms with E-state index in [0.717, 1.165) is 24.2 Å². The molecule has 2 aliphatic heterocycles. The van der Waals surface area contributed by atoms with Gasteiger partial charge in [-0.05, 0) is 24.5 Å². The Hall–Kier alpha value is -1.56. The number of para-hydroxylation sites is 1. The molecule has 0 saturated carbocycles. The lowest BCUT2D eigenvalue weighted by Crippen LogP contribution is -2.46. The van der Waals surface area contributed by atoms with Gasteiger partial charge in [0.25, 0.3) is 0 Å². The Balaban J connectivity index is 1.89. The van der Waals surface area contributed by atoms with Crippen LogP contribution in [0.3, 0.4) is 0 Å². The zero-order valence-electron chi connectivity index (χ0n) is 13.7. The topological polar surface area (TPSA) is 57.7 Å². The van der Waals surface area contributed by atoms with E-state index in [1.165, 1.54) is 0 Å². The van der Waals surface area contributed by atoms with Crippen molar-refractivity contribution in [2.75, 3.05) is 30.0 Å². The van der Waals surface area contributed by atoms with E-state index in [-0.39, 0.29) is 29.4 Å². The summed E-state index contributed by atoms with van der Waals surface area (Å²) in [5.41, 5.74) is 2.28. The largest absolute Gasteiger partial charge is 0.372 e. The van der Waals surface area contributed by atoms with Crippen LogP contribution < -0.4 is 4.90 Å². The molecule has 23 heavy (non-hydrogen) atoms. The van der Waals surface area contributed by atoms with E-state index >= 15 is 0 Å². The molecule has 0 N–H and O–H groups in total. The predicted molar refractivity (Wildman–Crippen MR) is 91.1 cm³/mol. The van der Waals surface area contributed by atoms with Crippen LogP contribution in [0.4, 0.5) is 5.69 Å². The summed E-state index contributed by atoms with van der Waals surface area (Å²) in [7, 11) is -0.991. The van der Waals surface area contributed by atoms with Gasteiger partial charge in [-0.25, -0.2) is 8.42 Å². The molecule has 6 heteroatoms. The molecule has 5 nitrogen and oxygen atoms in total. The van der Waals surface area contributed by atoms with Crippen LogP contribution in [0.15, 0.2) is 24.3 Å². The maximum absolute atomic E-state index is 13.0. The quantitative estimate of drug-likeness (QED) is 0.824. The van der Waals surface area contributed by atoms with Gasteiger partial charge in [-0.2, -0.15) is 0 Å². The minimum atomic E-state index is -3.04. The van der Waals surface area contributed by atoms with Crippen molar-refractivity contribution in [2.24, 2.45) is 5.92 Å². The van der Waals surface area contributed by atoms with Gasteiger partial charge in [-0.15, -0.1) is 0 Å². The fourth-order valence-electron chi connectivity index (χ4n) is 3.67. The monoisotopic (exact) mass is 336 g/mol. The molecule has 2 atom stereocenters. The first kappa shape index (κ1) is 16.3. The number of rotatable bonds is 2. The SMILES string of the molecule is CCC1CN(C)c2ccccc2CN1C(=O)C1CCS(=O)(=O)C1. The molecule has 3 rings (SSSR count). The number of anilines is 1. The fourth-order valence-corrected chi connectivity index (χ4v) is 5.41. The van der Waals surface area contributed by atoms with Gasteiger partial charge in [0.05, 0.1) is 17.4 Å². The summed E-state index contributed by atoms with van der Waals surface area (Å²) in [4.78, 5) is 17.1. The van der Waals surface area contributed by atoms with Crippen LogP contribution >= 0.6 is 0 Å². The third-order valence-corrected chi connectivity index (χ3v) is 6.77. The Morgan fingerprint density at radius 3 is 2.70 bits per heavy atom. The summed E-state index contributed by atoms with van der Waals surface area (Å²) < 4.78 is 23.4. The molecule has 1 saturated heterocycles. The highest BCUT2D eigenvalue weighted by Crippen LogP contribution is 2.30. The van der Waals surface area contributed by atoms with Crippen LogP contribution in [0.1, 0.15) is 25.3 Å². The average molecular weight is 336 g/mol. The van der Waals surface area contributed by atoms with Crippen LogP contribution in [0.25, 0.3) is 0 Å². The summed E-state index contributed by atoms with van der Waals surface area (Å²) >= 11 is 0. The van der Waals surface area contributed by atoms with E-state index in [1.807, 2.05) is 17.0 Å². The van der Waals surface area contributed by atoms with E-state index in [4.69, 9.17) is 0 Å². The number of nitrogens with zero attached hydrogens (tertiary/aromatic N) is 2. The molecule has 0 radical (unpaired) electrons. The molecule has 1 aromatic rings. The maximum Gasteiger partial charge on any atom is 0.227 e. The van der Waals surface area contributed by atoms with Crippen molar-refractivity contribution in [3.63, 3.8) is 0 Å². The number of hydrogen-bond donors (Lipinski definition) is 0. The molecular weight excluding hydrogens is 312 g/mol. The Morgan fingerprint density at radius 2 is 2.04 bits per heavy atom. The first-order chi connectivity index (χ1) is 10.9. The molecule has 0 aliphatic carbocycles. The highest BCUT2D eigenvalue weighted by atomic mass is 32.2. The van der Waals surface area contributed by atoms with Gasteiger partial charge < -0.3 is 9.80 Å². The lowest BCUT2D eigenvalue weighted by atomic mass is 10.0. The molecule has 1 amide bonds. The van der Waals surface area contributed by atoms with Crippen molar-refractivity contribution in [1.82, 2.24) is 4.90 Å². The maximum atomic E-state index is 13.0. The highest BCUT2D eigenvalue weighted by Gasteiger charge is 2.38. The molecule has 2 heterocycles. The Labute approximate surface area is 138 Å². The second kappa shape index (κ2) is 6.15. The smallest absolute Gasteiger partial charge is 0.227 e. The first-order valence-electron chi connectivity index (χ1n) is 8.21. The lowest BCUT2D eigenvalue weighted by Gasteiger charge is -2.32. The van der Waals surface area contributed by atoms with Crippen molar-refractivity contribution < 1.29 is 13.2 Å². The van der Waals surface area contributed by atoms with Crippen molar-refractivity contribution >= 4 is 21.4 Å². The van der Waals surface area contributed by atoms with Gasteiger partial charge in [0.15, 0.2) is 9.84 Å². The number of benzene rings is 1. The van der Waals surface area contributed by atoms with Crippen molar-refractivity contribution in [3.05, 3.63) is 29.8 Å². The average Bonchev–Trinajstić information content (AvgIpc) is 2.82. The number of amides is 1. The lowest BCUT2D eigenvalue weighted by molar-refractivity contribution is -0.137. The van der Waals surface area contributed by atoms with E-state index in [9.17, 15) is 13.2 Å². The number of hydrogen-bond acceptors (Lipinski definition) is 4. The van der Waals surface area contributed by atoms with Crippen molar-refractivity contribution in [1.29, 1.82) is 0 Å². The third-order valence-electron chi connectivity index (χ3n) is 5.00. The molecule has 2 unspecified atom stereocenters. The molecule has 1 aromatic carbocycles. The van der Waals surface area contributed by atoms with Gasteiger partial charge in [0.1, 0.15) is 0 Å². The number of fused-ring (bicyclic) bond motifs is 1. The second-order valence-corrected chi connectivity index (χ2v) is 8.87. The van der Waals surface area contributed by atoms with Gasteiger partial charge in [-0.3, -0.25) is 4.79 Å². The van der Waals surface area contributed by atoms with Crippen LogP contribution in [0, 0.1) is 5.92 Å². The van der Waals surface area contributed by atoms with Crippen LogP contribution in [-0.2, 0) is 21.2 Å². The van der Waals surface area contributed by atoms with E-state index in [2.05, 4.69) is 31.0 Å². The summed E-state index contributed by atoms with van der Waals surface area (Å²) in [6.45, 7) is 3.42. The number of carbonyl (C=O) groups excluding carboxylic acids is 1. The molecule has 0 bridgehead atoms. The van der Waals surface area contributed by atoms with Crippen molar-refractivity contribution in [2.45, 2.75) is 32.4 Å². The van der Waals surface area contributed by atoms with Crippen LogP contribution in [0.5, 0.6) is 0 Å². The zero-order valence-corrected chi connectivity index (χ0v) is 14.6. The zero-order chi connectivity index (χ0) is 16.6. The minimum absolute atomic E-state index is 0.00280. The summed E-state index contributed by atoms with van der Waals surface area (Å²) in [5, 5.41) is 0. The van der Waals surface area contributed by atoms with Crippen LogP contribution in [-0.4, -0.2) is 50.4 Å². The molecule has 0 aromatic heterocycles. The van der Waals surface area contributed by atoms with E-state index < -0.39 is 9.84 Å². The number of sulfone groups is 1. The van der Waals surface area contributed by atoms with Gasteiger partial charge in [-0.1, -0.05) is 25.1 Å². The standard InChI is InChI=1S/C17H24N2O3S/c1-3-15-11-18(2)16-7-5-4-6-13(16)10-19(15)17(20)14-8-9-23(21,22)12-14/h4-7,14-15H,3,8-12H2,1-2H3. The Morgan fingerprint density at radius 1 is 1.30 bits per heavy atom. The van der Waals surface area contributed by atoms with Gasteiger partial charge >= 0.3 is 0 Å². The Kier molecular flexibility index (Phi) is 4.36. The molecular formula is C17H24N2O3S. The number of likely N-dealkylation sites (N-methyl/N-ethyl adjacent to an activating group) is 1. The molecule has 126 valence electrons. The van der Waals surface area contributed by atoms with Crippen LogP contribution in [0.2, 0.25) is 0 Å². The Bertz CT molecular complexity index is 702. The summed E-state index contributed by atoms with van der Waals surface area (Å²) in [6, 6.07) is 8.24. The normalized spacial score (nSPS) is 26.7.